The molecular weight excluding hydrogens is 439 g/mol. The maximum absolute atomic E-state index is 13.4. The summed E-state index contributed by atoms with van der Waals surface area (Å²) in [5.74, 6) is 2.32. The SMILES string of the molecule is COc1c(Cl)cc(C(=O)N(Cc2ccco2)Cc2ccc(N3CCCCC3)o2)cc1Cl. The molecule has 0 aliphatic carbocycles. The minimum Gasteiger partial charge on any atom is -0.494 e. The Balaban J connectivity index is 1.57. The first-order valence-corrected chi connectivity index (χ1v) is 11.0. The van der Waals surface area contributed by atoms with E-state index in [4.69, 9.17) is 36.8 Å². The van der Waals surface area contributed by atoms with Crippen molar-refractivity contribution >= 4 is 35.0 Å². The second-order valence-electron chi connectivity index (χ2n) is 7.50. The van der Waals surface area contributed by atoms with E-state index in [9.17, 15) is 4.79 Å². The average molecular weight is 463 g/mol. The van der Waals surface area contributed by atoms with Crippen molar-refractivity contribution in [3.8, 4) is 5.75 Å². The third kappa shape index (κ3) is 5.02. The van der Waals surface area contributed by atoms with E-state index in [1.54, 1.807) is 29.4 Å². The maximum Gasteiger partial charge on any atom is 0.254 e. The number of methoxy groups -OCH3 is 1. The van der Waals surface area contributed by atoms with Gasteiger partial charge in [0.15, 0.2) is 11.6 Å². The maximum atomic E-state index is 13.4. The number of benzene rings is 1. The highest BCUT2D eigenvalue weighted by molar-refractivity contribution is 6.37. The molecule has 0 spiro atoms. The molecule has 1 saturated heterocycles. The number of piperidine rings is 1. The lowest BCUT2D eigenvalue weighted by atomic mass is 10.1. The molecule has 31 heavy (non-hydrogen) atoms. The van der Waals surface area contributed by atoms with Crippen LogP contribution in [0.2, 0.25) is 10.0 Å². The lowest BCUT2D eigenvalue weighted by Gasteiger charge is -2.26. The Morgan fingerprint density at radius 2 is 1.77 bits per heavy atom. The molecule has 2 aromatic heterocycles. The van der Waals surface area contributed by atoms with E-state index < -0.39 is 0 Å². The van der Waals surface area contributed by atoms with Gasteiger partial charge in [0.25, 0.3) is 5.91 Å². The van der Waals surface area contributed by atoms with Crippen LogP contribution in [0.15, 0.2) is 51.5 Å². The van der Waals surface area contributed by atoms with Gasteiger partial charge in [-0.15, -0.1) is 0 Å². The zero-order chi connectivity index (χ0) is 21.8. The quantitative estimate of drug-likeness (QED) is 0.429. The van der Waals surface area contributed by atoms with Crippen LogP contribution in [0, 0.1) is 0 Å². The largest absolute Gasteiger partial charge is 0.494 e. The van der Waals surface area contributed by atoms with Gasteiger partial charge in [-0.2, -0.15) is 0 Å². The van der Waals surface area contributed by atoms with Crippen molar-refractivity contribution in [1.82, 2.24) is 4.90 Å². The second kappa shape index (κ2) is 9.71. The summed E-state index contributed by atoms with van der Waals surface area (Å²) in [6.07, 6.45) is 5.17. The van der Waals surface area contributed by atoms with E-state index >= 15 is 0 Å². The molecule has 0 radical (unpaired) electrons. The van der Waals surface area contributed by atoms with Crippen LogP contribution in [0.3, 0.4) is 0 Å². The number of ether oxygens (including phenoxy) is 1. The van der Waals surface area contributed by atoms with Gasteiger partial charge in [0, 0.05) is 24.7 Å². The Morgan fingerprint density at radius 1 is 1.06 bits per heavy atom. The zero-order valence-corrected chi connectivity index (χ0v) is 18.8. The summed E-state index contributed by atoms with van der Waals surface area (Å²) in [7, 11) is 1.48. The molecule has 164 valence electrons. The van der Waals surface area contributed by atoms with Crippen LogP contribution >= 0.6 is 23.2 Å². The topological polar surface area (TPSA) is 59.1 Å². The third-order valence-corrected chi connectivity index (χ3v) is 5.89. The molecule has 6 nitrogen and oxygen atoms in total. The van der Waals surface area contributed by atoms with Gasteiger partial charge in [0.1, 0.15) is 11.5 Å². The fourth-order valence-electron chi connectivity index (χ4n) is 3.78. The van der Waals surface area contributed by atoms with Gasteiger partial charge < -0.3 is 23.4 Å². The van der Waals surface area contributed by atoms with Gasteiger partial charge >= 0.3 is 0 Å². The number of halogens is 2. The van der Waals surface area contributed by atoms with Crippen molar-refractivity contribution < 1.29 is 18.4 Å². The average Bonchev–Trinajstić information content (AvgIpc) is 3.45. The van der Waals surface area contributed by atoms with E-state index in [0.29, 0.717) is 22.8 Å². The molecular formula is C23H24Cl2N2O4. The molecule has 3 heterocycles. The molecule has 0 bridgehead atoms. The van der Waals surface area contributed by atoms with Crippen LogP contribution in [-0.2, 0) is 13.1 Å². The first-order chi connectivity index (χ1) is 15.0. The van der Waals surface area contributed by atoms with Crippen molar-refractivity contribution in [3.63, 3.8) is 0 Å². The summed E-state index contributed by atoms with van der Waals surface area (Å²) < 4.78 is 16.7. The summed E-state index contributed by atoms with van der Waals surface area (Å²) >= 11 is 12.5. The zero-order valence-electron chi connectivity index (χ0n) is 17.3. The standard InChI is InChI=1S/C23H24Cl2N2O4/c1-29-22-19(24)12-16(13-20(22)25)23(28)27(14-17-6-5-11-30-17)15-18-7-8-21(31-18)26-9-3-2-4-10-26/h5-8,11-13H,2-4,9-10,14-15H2,1H3. The Bertz CT molecular complexity index is 1000. The summed E-state index contributed by atoms with van der Waals surface area (Å²) in [6, 6.07) is 10.6. The smallest absolute Gasteiger partial charge is 0.254 e. The number of nitrogens with zero attached hydrogens (tertiary/aromatic N) is 2. The molecule has 1 amide bonds. The summed E-state index contributed by atoms with van der Waals surface area (Å²) in [5, 5.41) is 0.559. The Hall–Kier alpha value is -2.57. The lowest BCUT2D eigenvalue weighted by molar-refractivity contribution is 0.0705. The van der Waals surface area contributed by atoms with Crippen LogP contribution in [0.5, 0.6) is 5.75 Å². The highest BCUT2D eigenvalue weighted by atomic mass is 35.5. The monoisotopic (exact) mass is 462 g/mol. The van der Waals surface area contributed by atoms with Crippen LogP contribution in [0.4, 0.5) is 5.88 Å². The first kappa shape index (κ1) is 21.7. The number of furan rings is 2. The normalized spacial score (nSPS) is 14.0. The van der Waals surface area contributed by atoms with Crippen molar-refractivity contribution in [2.75, 3.05) is 25.1 Å². The van der Waals surface area contributed by atoms with Crippen LogP contribution < -0.4 is 9.64 Å². The van der Waals surface area contributed by atoms with Crippen LogP contribution in [0.25, 0.3) is 0 Å². The summed E-state index contributed by atoms with van der Waals surface area (Å²) in [6.45, 7) is 2.55. The fraction of sp³-hybridized carbons (Fsp3) is 0.348. The van der Waals surface area contributed by atoms with E-state index in [0.717, 1.165) is 31.8 Å². The molecule has 0 unspecified atom stereocenters. The molecule has 4 rings (SSSR count). The molecule has 0 saturated carbocycles. The van der Waals surface area contributed by atoms with Crippen molar-refractivity contribution in [2.24, 2.45) is 0 Å². The predicted molar refractivity (Wildman–Crippen MR) is 120 cm³/mol. The molecule has 0 atom stereocenters. The van der Waals surface area contributed by atoms with Gasteiger partial charge in [0.05, 0.1) is 36.5 Å². The van der Waals surface area contributed by atoms with Gasteiger partial charge in [0.2, 0.25) is 0 Å². The second-order valence-corrected chi connectivity index (χ2v) is 8.32. The highest BCUT2D eigenvalue weighted by Gasteiger charge is 2.23. The summed E-state index contributed by atoms with van der Waals surface area (Å²) in [5.41, 5.74) is 0.366. The predicted octanol–water partition coefficient (Wildman–Crippen LogP) is 6.02. The van der Waals surface area contributed by atoms with Crippen molar-refractivity contribution in [3.05, 3.63) is 69.8 Å². The Kier molecular flexibility index (Phi) is 6.78. The molecule has 1 aromatic carbocycles. The molecule has 1 fully saturated rings. The lowest BCUT2D eigenvalue weighted by Crippen LogP contribution is -2.30. The number of amides is 1. The highest BCUT2D eigenvalue weighted by Crippen LogP contribution is 2.34. The minimum absolute atomic E-state index is 0.237. The van der Waals surface area contributed by atoms with E-state index in [1.165, 1.54) is 13.5 Å². The number of carbonyl (C=O) groups excluding carboxylic acids is 1. The molecule has 8 heteroatoms. The van der Waals surface area contributed by atoms with E-state index in [1.807, 2.05) is 18.2 Å². The minimum atomic E-state index is -0.237. The Morgan fingerprint density at radius 3 is 2.42 bits per heavy atom. The van der Waals surface area contributed by atoms with Gasteiger partial charge in [-0.05, 0) is 49.6 Å². The van der Waals surface area contributed by atoms with Gasteiger partial charge in [-0.3, -0.25) is 4.79 Å². The number of hydrogen-bond acceptors (Lipinski definition) is 5. The van der Waals surface area contributed by atoms with E-state index in [-0.39, 0.29) is 29.0 Å². The third-order valence-electron chi connectivity index (χ3n) is 5.33. The molecule has 1 aliphatic rings. The number of hydrogen-bond donors (Lipinski definition) is 0. The van der Waals surface area contributed by atoms with E-state index in [2.05, 4.69) is 4.90 Å². The van der Waals surface area contributed by atoms with Crippen molar-refractivity contribution in [1.29, 1.82) is 0 Å². The fourth-order valence-corrected chi connectivity index (χ4v) is 4.42. The van der Waals surface area contributed by atoms with Crippen molar-refractivity contribution in [2.45, 2.75) is 32.4 Å². The van der Waals surface area contributed by atoms with Gasteiger partial charge in [-0.25, -0.2) is 0 Å². The number of anilines is 1. The summed E-state index contributed by atoms with van der Waals surface area (Å²) in [4.78, 5) is 17.3. The molecule has 1 aliphatic heterocycles. The molecule has 3 aromatic rings. The number of carbonyl (C=O) groups is 1. The van der Waals surface area contributed by atoms with Crippen LogP contribution in [0.1, 0.15) is 41.1 Å². The van der Waals surface area contributed by atoms with Crippen LogP contribution in [-0.4, -0.2) is 31.0 Å². The Labute approximate surface area is 191 Å². The molecule has 0 N–H and O–H groups in total. The van der Waals surface area contributed by atoms with Gasteiger partial charge in [-0.1, -0.05) is 23.2 Å². The number of rotatable bonds is 7. The first-order valence-electron chi connectivity index (χ1n) is 10.2.